The quantitative estimate of drug-likeness (QED) is 0.392. The molecule has 0 aromatic heterocycles. The van der Waals surface area contributed by atoms with Gasteiger partial charge in [-0.3, -0.25) is 4.79 Å². The number of nitrogens with one attached hydrogen (secondary N) is 3. The van der Waals surface area contributed by atoms with Gasteiger partial charge in [0.1, 0.15) is 5.82 Å². The molecule has 0 radical (unpaired) electrons. The third-order valence-electron chi connectivity index (χ3n) is 5.77. The molecule has 0 bridgehead atoms. The summed E-state index contributed by atoms with van der Waals surface area (Å²) in [6, 6.07) is 18.3. The van der Waals surface area contributed by atoms with Crippen LogP contribution in [0.1, 0.15) is 41.7 Å². The largest absolute Gasteiger partial charge is 0.371 e. The summed E-state index contributed by atoms with van der Waals surface area (Å²) in [5, 5.41) is 8.34. The van der Waals surface area contributed by atoms with Crippen molar-refractivity contribution in [3.05, 3.63) is 88.7 Å². The average Bonchev–Trinajstić information content (AvgIpc) is 3.37. The standard InChI is InChI=1S/C26H26ClFN4O2/c1-17(18-7-3-2-4-8-18)29-25(33)21-15-19(10-12-24(21)32-13-5-6-14-32)30-26(34)31-20-9-11-23(28)22(27)16-20/h2-4,7-12,15-17H,5-6,13-14H2,1H3,(H,29,33)(H2,30,31,34). The lowest BCUT2D eigenvalue weighted by Crippen LogP contribution is -2.30. The highest BCUT2D eigenvalue weighted by atomic mass is 35.5. The minimum absolute atomic E-state index is 0.0840. The third-order valence-corrected chi connectivity index (χ3v) is 6.06. The molecular weight excluding hydrogens is 455 g/mol. The molecule has 0 saturated carbocycles. The van der Waals surface area contributed by atoms with Crippen molar-refractivity contribution in [3.63, 3.8) is 0 Å². The monoisotopic (exact) mass is 480 g/mol. The van der Waals surface area contributed by atoms with E-state index in [1.54, 1.807) is 12.1 Å². The lowest BCUT2D eigenvalue weighted by atomic mass is 10.1. The van der Waals surface area contributed by atoms with Crippen LogP contribution in [0.2, 0.25) is 5.02 Å². The van der Waals surface area contributed by atoms with Gasteiger partial charge < -0.3 is 20.9 Å². The number of carbonyl (C=O) groups is 2. The number of urea groups is 1. The van der Waals surface area contributed by atoms with Gasteiger partial charge in [0.25, 0.3) is 5.91 Å². The van der Waals surface area contributed by atoms with Gasteiger partial charge in [0.15, 0.2) is 0 Å². The first-order valence-electron chi connectivity index (χ1n) is 11.2. The topological polar surface area (TPSA) is 73.5 Å². The third kappa shape index (κ3) is 5.66. The molecule has 1 aliphatic rings. The average molecular weight is 481 g/mol. The highest BCUT2D eigenvalue weighted by Gasteiger charge is 2.22. The summed E-state index contributed by atoms with van der Waals surface area (Å²) < 4.78 is 13.4. The SMILES string of the molecule is CC(NC(=O)c1cc(NC(=O)Nc2ccc(F)c(Cl)c2)ccc1N1CCCC1)c1ccccc1. The number of carbonyl (C=O) groups excluding carboxylic acids is 2. The highest BCUT2D eigenvalue weighted by Crippen LogP contribution is 2.28. The van der Waals surface area contributed by atoms with E-state index in [1.165, 1.54) is 18.2 Å². The first-order valence-corrected chi connectivity index (χ1v) is 11.6. The number of nitrogens with zero attached hydrogens (tertiary/aromatic N) is 1. The zero-order chi connectivity index (χ0) is 24.1. The zero-order valence-corrected chi connectivity index (χ0v) is 19.5. The van der Waals surface area contributed by atoms with Gasteiger partial charge in [-0.15, -0.1) is 0 Å². The Hall–Kier alpha value is -3.58. The molecule has 3 aromatic carbocycles. The van der Waals surface area contributed by atoms with Crippen LogP contribution in [-0.4, -0.2) is 25.0 Å². The van der Waals surface area contributed by atoms with E-state index in [4.69, 9.17) is 11.6 Å². The lowest BCUT2D eigenvalue weighted by molar-refractivity contribution is 0.0940. The summed E-state index contributed by atoms with van der Waals surface area (Å²) >= 11 is 5.78. The first-order chi connectivity index (χ1) is 16.4. The van der Waals surface area contributed by atoms with Crippen molar-refractivity contribution in [3.8, 4) is 0 Å². The molecule has 1 heterocycles. The van der Waals surface area contributed by atoms with Crippen molar-refractivity contribution < 1.29 is 14.0 Å². The Bertz CT molecular complexity index is 1180. The Kier molecular flexibility index (Phi) is 7.33. The number of benzene rings is 3. The second kappa shape index (κ2) is 10.6. The molecule has 8 heteroatoms. The van der Waals surface area contributed by atoms with Gasteiger partial charge in [-0.05, 0) is 61.7 Å². The maximum absolute atomic E-state index is 13.4. The predicted octanol–water partition coefficient (Wildman–Crippen LogP) is 6.21. The summed E-state index contributed by atoms with van der Waals surface area (Å²) in [5.74, 6) is -0.780. The van der Waals surface area contributed by atoms with Gasteiger partial charge in [0, 0.05) is 30.2 Å². The second-order valence-electron chi connectivity index (χ2n) is 8.24. The van der Waals surface area contributed by atoms with Crippen LogP contribution in [0.15, 0.2) is 66.7 Å². The number of hydrogen-bond acceptors (Lipinski definition) is 3. The van der Waals surface area contributed by atoms with E-state index in [-0.39, 0.29) is 17.0 Å². The van der Waals surface area contributed by atoms with Crippen molar-refractivity contribution >= 4 is 40.6 Å². The molecule has 0 aliphatic carbocycles. The number of hydrogen-bond donors (Lipinski definition) is 3. The Labute approximate surface area is 203 Å². The maximum Gasteiger partial charge on any atom is 0.323 e. The summed E-state index contributed by atoms with van der Waals surface area (Å²) in [5.41, 5.74) is 3.16. The van der Waals surface area contributed by atoms with Crippen LogP contribution < -0.4 is 20.9 Å². The van der Waals surface area contributed by atoms with Crippen molar-refractivity contribution in [2.24, 2.45) is 0 Å². The molecule has 1 atom stereocenters. The van der Waals surface area contributed by atoms with E-state index in [9.17, 15) is 14.0 Å². The number of anilines is 3. The fourth-order valence-corrected chi connectivity index (χ4v) is 4.18. The molecule has 3 amide bonds. The summed E-state index contributed by atoms with van der Waals surface area (Å²) in [7, 11) is 0. The minimum Gasteiger partial charge on any atom is -0.371 e. The Morgan fingerprint density at radius 2 is 1.59 bits per heavy atom. The van der Waals surface area contributed by atoms with E-state index in [1.807, 2.05) is 43.3 Å². The number of amides is 3. The van der Waals surface area contributed by atoms with Gasteiger partial charge >= 0.3 is 6.03 Å². The highest BCUT2D eigenvalue weighted by molar-refractivity contribution is 6.31. The van der Waals surface area contributed by atoms with E-state index in [2.05, 4.69) is 20.9 Å². The summed E-state index contributed by atoms with van der Waals surface area (Å²) in [4.78, 5) is 28.0. The van der Waals surface area contributed by atoms with Crippen LogP contribution in [0.25, 0.3) is 0 Å². The van der Waals surface area contributed by atoms with Crippen LogP contribution in [0.3, 0.4) is 0 Å². The summed E-state index contributed by atoms with van der Waals surface area (Å²) in [6.45, 7) is 3.70. The molecule has 1 fully saturated rings. The van der Waals surface area contributed by atoms with Crippen LogP contribution in [0.5, 0.6) is 0 Å². The van der Waals surface area contributed by atoms with E-state index in [0.717, 1.165) is 37.2 Å². The number of rotatable bonds is 6. The van der Waals surface area contributed by atoms with Crippen LogP contribution in [0, 0.1) is 5.82 Å². The fourth-order valence-electron chi connectivity index (χ4n) is 4.00. The van der Waals surface area contributed by atoms with Crippen LogP contribution in [0.4, 0.5) is 26.2 Å². The first kappa shape index (κ1) is 23.6. The molecular formula is C26H26ClFN4O2. The molecule has 1 unspecified atom stereocenters. The number of halogens is 2. The van der Waals surface area contributed by atoms with Crippen molar-refractivity contribution in [1.82, 2.24) is 5.32 Å². The Morgan fingerprint density at radius 3 is 2.26 bits per heavy atom. The molecule has 4 rings (SSSR count). The van der Waals surface area contributed by atoms with Crippen molar-refractivity contribution in [1.29, 1.82) is 0 Å². The molecule has 1 saturated heterocycles. The molecule has 0 spiro atoms. The molecule has 1 aliphatic heterocycles. The summed E-state index contributed by atoms with van der Waals surface area (Å²) in [6.07, 6.45) is 2.15. The minimum atomic E-state index is -0.564. The zero-order valence-electron chi connectivity index (χ0n) is 18.8. The van der Waals surface area contributed by atoms with E-state index < -0.39 is 11.8 Å². The molecule has 6 nitrogen and oxygen atoms in total. The lowest BCUT2D eigenvalue weighted by Gasteiger charge is -2.23. The second-order valence-corrected chi connectivity index (χ2v) is 8.65. The van der Waals surface area contributed by atoms with E-state index >= 15 is 0 Å². The fraction of sp³-hybridized carbons (Fsp3) is 0.231. The van der Waals surface area contributed by atoms with Gasteiger partial charge in [0.05, 0.1) is 16.6 Å². The Morgan fingerprint density at radius 1 is 0.941 bits per heavy atom. The van der Waals surface area contributed by atoms with Gasteiger partial charge in [-0.2, -0.15) is 0 Å². The smallest absolute Gasteiger partial charge is 0.323 e. The predicted molar refractivity (Wildman–Crippen MR) is 134 cm³/mol. The van der Waals surface area contributed by atoms with E-state index in [0.29, 0.717) is 16.9 Å². The molecule has 34 heavy (non-hydrogen) atoms. The van der Waals surface area contributed by atoms with Crippen LogP contribution >= 0.6 is 11.6 Å². The van der Waals surface area contributed by atoms with Gasteiger partial charge in [-0.25, -0.2) is 9.18 Å². The molecule has 3 N–H and O–H groups in total. The normalized spacial score (nSPS) is 13.9. The Balaban J connectivity index is 1.53. The molecule has 176 valence electrons. The van der Waals surface area contributed by atoms with Crippen LogP contribution in [-0.2, 0) is 0 Å². The van der Waals surface area contributed by atoms with Crippen molar-refractivity contribution in [2.45, 2.75) is 25.8 Å². The van der Waals surface area contributed by atoms with Crippen molar-refractivity contribution in [2.75, 3.05) is 28.6 Å². The van der Waals surface area contributed by atoms with Gasteiger partial charge in [0.2, 0.25) is 0 Å². The van der Waals surface area contributed by atoms with Gasteiger partial charge in [-0.1, -0.05) is 41.9 Å². The maximum atomic E-state index is 13.4. The molecule has 3 aromatic rings.